The van der Waals surface area contributed by atoms with Crippen molar-refractivity contribution < 1.29 is 14.2 Å². The molecule has 0 aromatic heterocycles. The van der Waals surface area contributed by atoms with Crippen LogP contribution in [-0.4, -0.2) is 34.0 Å². The van der Waals surface area contributed by atoms with E-state index in [-0.39, 0.29) is 0 Å². The van der Waals surface area contributed by atoms with Crippen LogP contribution in [-0.2, 0) is 11.3 Å². The van der Waals surface area contributed by atoms with Crippen molar-refractivity contribution in [2.45, 2.75) is 19.9 Å². The van der Waals surface area contributed by atoms with Crippen LogP contribution in [0.25, 0.3) is 0 Å². The van der Waals surface area contributed by atoms with Gasteiger partial charge in [-0.15, -0.1) is 11.8 Å². The SMILES string of the molecule is CC#CCCOc1ccc(CNCCOC)cc1OC. The lowest BCUT2D eigenvalue weighted by Gasteiger charge is -2.12. The van der Waals surface area contributed by atoms with Crippen LogP contribution >= 0.6 is 0 Å². The van der Waals surface area contributed by atoms with Gasteiger partial charge in [0.25, 0.3) is 0 Å². The summed E-state index contributed by atoms with van der Waals surface area (Å²) in [6.07, 6.45) is 0.722. The van der Waals surface area contributed by atoms with E-state index in [0.29, 0.717) is 13.2 Å². The molecule has 0 aliphatic carbocycles. The lowest BCUT2D eigenvalue weighted by molar-refractivity contribution is 0.199. The monoisotopic (exact) mass is 277 g/mol. The minimum absolute atomic E-state index is 0.572. The molecule has 1 aromatic carbocycles. The summed E-state index contributed by atoms with van der Waals surface area (Å²) in [5.41, 5.74) is 1.15. The highest BCUT2D eigenvalue weighted by molar-refractivity contribution is 5.43. The predicted molar refractivity (Wildman–Crippen MR) is 80.1 cm³/mol. The van der Waals surface area contributed by atoms with Crippen molar-refractivity contribution in [2.75, 3.05) is 34.0 Å². The van der Waals surface area contributed by atoms with Crippen LogP contribution in [0.2, 0.25) is 0 Å². The third-order valence-electron chi connectivity index (χ3n) is 2.70. The molecule has 0 unspecified atom stereocenters. The first-order chi connectivity index (χ1) is 9.81. The van der Waals surface area contributed by atoms with E-state index in [9.17, 15) is 0 Å². The van der Waals surface area contributed by atoms with Crippen molar-refractivity contribution >= 4 is 0 Å². The van der Waals surface area contributed by atoms with Crippen molar-refractivity contribution in [2.24, 2.45) is 0 Å². The van der Waals surface area contributed by atoms with Crippen molar-refractivity contribution in [1.82, 2.24) is 5.32 Å². The molecule has 4 heteroatoms. The first-order valence-electron chi connectivity index (χ1n) is 6.70. The fourth-order valence-corrected chi connectivity index (χ4v) is 1.69. The van der Waals surface area contributed by atoms with E-state index in [2.05, 4.69) is 17.2 Å². The summed E-state index contributed by atoms with van der Waals surface area (Å²) in [6.45, 7) is 4.71. The molecule has 0 heterocycles. The Kier molecular flexibility index (Phi) is 8.28. The van der Waals surface area contributed by atoms with E-state index >= 15 is 0 Å². The molecule has 0 saturated carbocycles. The zero-order chi connectivity index (χ0) is 14.6. The van der Waals surface area contributed by atoms with Gasteiger partial charge in [0.05, 0.1) is 20.3 Å². The van der Waals surface area contributed by atoms with E-state index in [1.165, 1.54) is 0 Å². The number of hydrogen-bond acceptors (Lipinski definition) is 4. The van der Waals surface area contributed by atoms with Crippen molar-refractivity contribution in [3.63, 3.8) is 0 Å². The van der Waals surface area contributed by atoms with Gasteiger partial charge in [-0.1, -0.05) is 6.07 Å². The quantitative estimate of drug-likeness (QED) is 0.555. The largest absolute Gasteiger partial charge is 0.493 e. The summed E-state index contributed by atoms with van der Waals surface area (Å²) < 4.78 is 16.0. The Balaban J connectivity index is 2.52. The minimum atomic E-state index is 0.572. The van der Waals surface area contributed by atoms with Crippen LogP contribution in [0.1, 0.15) is 18.9 Å². The molecular formula is C16H23NO3. The number of benzene rings is 1. The Morgan fingerprint density at radius 1 is 1.15 bits per heavy atom. The minimum Gasteiger partial charge on any atom is -0.493 e. The fourth-order valence-electron chi connectivity index (χ4n) is 1.69. The molecule has 0 fully saturated rings. The molecule has 1 aromatic rings. The number of methoxy groups -OCH3 is 2. The molecule has 0 atom stereocenters. The second-order valence-corrected chi connectivity index (χ2v) is 4.18. The van der Waals surface area contributed by atoms with Crippen LogP contribution in [0.5, 0.6) is 11.5 Å². The van der Waals surface area contributed by atoms with Gasteiger partial charge < -0.3 is 19.5 Å². The summed E-state index contributed by atoms with van der Waals surface area (Å²) in [5.74, 6) is 7.32. The van der Waals surface area contributed by atoms with Gasteiger partial charge in [0.2, 0.25) is 0 Å². The van der Waals surface area contributed by atoms with Gasteiger partial charge in [-0.25, -0.2) is 0 Å². The second-order valence-electron chi connectivity index (χ2n) is 4.18. The number of ether oxygens (including phenoxy) is 3. The average Bonchev–Trinajstić information content (AvgIpc) is 2.49. The zero-order valence-corrected chi connectivity index (χ0v) is 12.5. The van der Waals surface area contributed by atoms with Gasteiger partial charge in [0.15, 0.2) is 11.5 Å². The molecule has 0 saturated heterocycles. The maximum atomic E-state index is 5.66. The van der Waals surface area contributed by atoms with Crippen LogP contribution in [0, 0.1) is 11.8 Å². The lowest BCUT2D eigenvalue weighted by Crippen LogP contribution is -2.18. The van der Waals surface area contributed by atoms with Crippen LogP contribution in [0.15, 0.2) is 18.2 Å². The van der Waals surface area contributed by atoms with E-state index in [1.54, 1.807) is 14.2 Å². The molecular weight excluding hydrogens is 254 g/mol. The number of rotatable bonds is 9. The van der Waals surface area contributed by atoms with Crippen LogP contribution in [0.3, 0.4) is 0 Å². The highest BCUT2D eigenvalue weighted by atomic mass is 16.5. The first-order valence-corrected chi connectivity index (χ1v) is 6.70. The fraction of sp³-hybridized carbons (Fsp3) is 0.500. The Hall–Kier alpha value is -1.70. The normalized spacial score (nSPS) is 9.75. The molecule has 4 nitrogen and oxygen atoms in total. The standard InChI is InChI=1S/C16H23NO3/c1-4-5-6-10-20-15-8-7-14(12-16(15)19-3)13-17-9-11-18-2/h7-8,12,17H,6,9-11,13H2,1-3H3. The highest BCUT2D eigenvalue weighted by Crippen LogP contribution is 2.28. The summed E-state index contributed by atoms with van der Waals surface area (Å²) in [7, 11) is 3.34. The van der Waals surface area contributed by atoms with Gasteiger partial charge in [0, 0.05) is 26.6 Å². The Labute approximate surface area is 121 Å². The van der Waals surface area contributed by atoms with Gasteiger partial charge in [0.1, 0.15) is 0 Å². The molecule has 1 rings (SSSR count). The topological polar surface area (TPSA) is 39.7 Å². The second kappa shape index (κ2) is 10.1. The van der Waals surface area contributed by atoms with Crippen LogP contribution in [0.4, 0.5) is 0 Å². The first kappa shape index (κ1) is 16.4. The molecule has 110 valence electrons. The Bertz CT molecular complexity index is 449. The lowest BCUT2D eigenvalue weighted by atomic mass is 10.2. The average molecular weight is 277 g/mol. The molecule has 1 N–H and O–H groups in total. The van der Waals surface area contributed by atoms with Gasteiger partial charge in [-0.05, 0) is 24.6 Å². The van der Waals surface area contributed by atoms with Gasteiger partial charge in [-0.3, -0.25) is 0 Å². The maximum absolute atomic E-state index is 5.66. The van der Waals surface area contributed by atoms with Gasteiger partial charge >= 0.3 is 0 Å². The molecule has 0 spiro atoms. The number of hydrogen-bond donors (Lipinski definition) is 1. The zero-order valence-electron chi connectivity index (χ0n) is 12.5. The highest BCUT2D eigenvalue weighted by Gasteiger charge is 2.05. The van der Waals surface area contributed by atoms with Gasteiger partial charge in [-0.2, -0.15) is 0 Å². The smallest absolute Gasteiger partial charge is 0.161 e. The molecule has 0 aliphatic heterocycles. The van der Waals surface area contributed by atoms with E-state index in [4.69, 9.17) is 14.2 Å². The molecule has 0 bridgehead atoms. The predicted octanol–water partition coefficient (Wildman–Crippen LogP) is 2.22. The van der Waals surface area contributed by atoms with Crippen molar-refractivity contribution in [1.29, 1.82) is 0 Å². The summed E-state index contributed by atoms with van der Waals surface area (Å²) in [5, 5.41) is 3.29. The van der Waals surface area contributed by atoms with E-state index in [1.807, 2.05) is 25.1 Å². The summed E-state index contributed by atoms with van der Waals surface area (Å²) >= 11 is 0. The summed E-state index contributed by atoms with van der Waals surface area (Å²) in [4.78, 5) is 0. The Morgan fingerprint density at radius 2 is 2.00 bits per heavy atom. The number of nitrogens with one attached hydrogen (secondary N) is 1. The van der Waals surface area contributed by atoms with Crippen molar-refractivity contribution in [3.05, 3.63) is 23.8 Å². The molecule has 0 radical (unpaired) electrons. The third-order valence-corrected chi connectivity index (χ3v) is 2.70. The maximum Gasteiger partial charge on any atom is 0.161 e. The van der Waals surface area contributed by atoms with E-state index in [0.717, 1.165) is 36.6 Å². The van der Waals surface area contributed by atoms with Crippen molar-refractivity contribution in [3.8, 4) is 23.3 Å². The Morgan fingerprint density at radius 3 is 2.70 bits per heavy atom. The summed E-state index contributed by atoms with van der Waals surface area (Å²) in [6, 6.07) is 5.95. The molecule has 0 aliphatic rings. The van der Waals surface area contributed by atoms with E-state index < -0.39 is 0 Å². The van der Waals surface area contributed by atoms with Crippen LogP contribution < -0.4 is 14.8 Å². The molecule has 20 heavy (non-hydrogen) atoms. The third kappa shape index (κ3) is 5.96. The molecule has 0 amide bonds.